The number of carbonyl (C=O) groups is 1. The first-order valence-corrected chi connectivity index (χ1v) is 11.4. The highest BCUT2D eigenvalue weighted by Gasteiger charge is 2.62. The van der Waals surface area contributed by atoms with Gasteiger partial charge in [-0.1, -0.05) is 11.2 Å². The van der Waals surface area contributed by atoms with E-state index in [9.17, 15) is 9.18 Å². The minimum atomic E-state index is -1.47. The summed E-state index contributed by atoms with van der Waals surface area (Å²) in [6, 6.07) is 10.3. The second kappa shape index (κ2) is 7.69. The molecular formula is C26H24FN5O3. The third-order valence-electron chi connectivity index (χ3n) is 6.83. The molecule has 3 aliphatic rings. The molecule has 1 spiro atoms. The summed E-state index contributed by atoms with van der Waals surface area (Å²) in [5, 5.41) is 4.36. The van der Waals surface area contributed by atoms with E-state index in [0.717, 1.165) is 35.4 Å². The molecule has 0 saturated carbocycles. The first-order valence-electron chi connectivity index (χ1n) is 11.4. The van der Waals surface area contributed by atoms with Crippen molar-refractivity contribution >= 4 is 23.5 Å². The number of amides is 1. The molecule has 0 unspecified atom stereocenters. The van der Waals surface area contributed by atoms with Crippen LogP contribution in [0.15, 0.2) is 59.7 Å². The number of hydrogen-bond donors (Lipinski definition) is 0. The number of aryl methyl sites for hydroxylation is 1. The zero-order valence-electron chi connectivity index (χ0n) is 19.7. The standard InChI is InChI=1S/C26H24FN5O3/c1-16-14-31(15-28-16)22-8-6-17(12-23(22)34-3)11-18-5-4-10-32-24(18)29-35-26(32)20-13-19(27)7-9-21(20)30(2)25(26)33/h6-9,11-15H,4-5,10H2,1-3H3/b18-11+/t26-/m1/s1. The van der Waals surface area contributed by atoms with E-state index in [0.29, 0.717) is 29.4 Å². The molecule has 2 aromatic carbocycles. The van der Waals surface area contributed by atoms with Crippen molar-refractivity contribution in [1.82, 2.24) is 14.5 Å². The zero-order chi connectivity index (χ0) is 24.3. The number of oxime groups is 1. The molecule has 1 fully saturated rings. The van der Waals surface area contributed by atoms with Crippen molar-refractivity contribution < 1.29 is 18.8 Å². The average Bonchev–Trinajstić information content (AvgIpc) is 3.52. The minimum absolute atomic E-state index is 0.278. The molecule has 1 saturated heterocycles. The van der Waals surface area contributed by atoms with Crippen molar-refractivity contribution in [2.24, 2.45) is 5.16 Å². The largest absolute Gasteiger partial charge is 0.495 e. The monoisotopic (exact) mass is 473 g/mol. The van der Waals surface area contributed by atoms with Crippen LogP contribution in [0.25, 0.3) is 11.8 Å². The predicted octanol–water partition coefficient (Wildman–Crippen LogP) is 3.98. The van der Waals surface area contributed by atoms with Crippen molar-refractivity contribution in [3.63, 3.8) is 0 Å². The average molecular weight is 474 g/mol. The van der Waals surface area contributed by atoms with Crippen molar-refractivity contribution in [3.05, 3.63) is 77.1 Å². The Morgan fingerprint density at radius 2 is 2.03 bits per heavy atom. The van der Waals surface area contributed by atoms with Crippen LogP contribution in [-0.2, 0) is 15.4 Å². The lowest BCUT2D eigenvalue weighted by Gasteiger charge is -2.36. The van der Waals surface area contributed by atoms with Gasteiger partial charge >= 0.3 is 5.72 Å². The lowest BCUT2D eigenvalue weighted by atomic mass is 9.95. The predicted molar refractivity (Wildman–Crippen MR) is 129 cm³/mol. The first-order chi connectivity index (χ1) is 16.9. The smallest absolute Gasteiger partial charge is 0.318 e. The number of aromatic nitrogens is 2. The quantitative estimate of drug-likeness (QED) is 0.576. The highest BCUT2D eigenvalue weighted by Crippen LogP contribution is 2.49. The van der Waals surface area contributed by atoms with Crippen LogP contribution in [0, 0.1) is 12.7 Å². The number of amidine groups is 1. The van der Waals surface area contributed by atoms with Gasteiger partial charge in [0.25, 0.3) is 5.91 Å². The molecule has 3 aromatic rings. The van der Waals surface area contributed by atoms with E-state index in [-0.39, 0.29) is 5.91 Å². The lowest BCUT2D eigenvalue weighted by molar-refractivity contribution is -0.157. The molecule has 0 aliphatic carbocycles. The maximum Gasteiger partial charge on any atom is 0.318 e. The topological polar surface area (TPSA) is 72.2 Å². The Kier molecular flexibility index (Phi) is 4.70. The minimum Gasteiger partial charge on any atom is -0.495 e. The fraction of sp³-hybridized carbons (Fsp3) is 0.269. The molecule has 1 aromatic heterocycles. The Bertz CT molecular complexity index is 1430. The third kappa shape index (κ3) is 3.07. The highest BCUT2D eigenvalue weighted by atomic mass is 19.1. The summed E-state index contributed by atoms with van der Waals surface area (Å²) in [5.41, 5.74) is 3.32. The van der Waals surface area contributed by atoms with Crippen LogP contribution in [0.3, 0.4) is 0 Å². The number of fused-ring (bicyclic) bond motifs is 4. The Morgan fingerprint density at radius 3 is 2.80 bits per heavy atom. The van der Waals surface area contributed by atoms with Crippen LogP contribution in [-0.4, -0.2) is 46.9 Å². The summed E-state index contributed by atoms with van der Waals surface area (Å²) >= 11 is 0. The third-order valence-corrected chi connectivity index (χ3v) is 6.83. The van der Waals surface area contributed by atoms with Crippen molar-refractivity contribution in [1.29, 1.82) is 0 Å². The second-order valence-electron chi connectivity index (χ2n) is 8.95. The van der Waals surface area contributed by atoms with E-state index in [1.165, 1.54) is 17.0 Å². The Hall–Kier alpha value is -4.14. The van der Waals surface area contributed by atoms with Crippen molar-refractivity contribution in [2.75, 3.05) is 25.6 Å². The van der Waals surface area contributed by atoms with Gasteiger partial charge in [-0.2, -0.15) is 0 Å². The van der Waals surface area contributed by atoms with E-state index in [4.69, 9.17) is 9.57 Å². The van der Waals surface area contributed by atoms with Crippen LogP contribution in [0.1, 0.15) is 29.7 Å². The summed E-state index contributed by atoms with van der Waals surface area (Å²) in [7, 11) is 3.31. The molecule has 0 bridgehead atoms. The number of hydrogen-bond acceptors (Lipinski definition) is 6. The van der Waals surface area contributed by atoms with Crippen LogP contribution < -0.4 is 9.64 Å². The fourth-order valence-corrected chi connectivity index (χ4v) is 5.15. The summed E-state index contributed by atoms with van der Waals surface area (Å²) in [6.45, 7) is 2.52. The number of ether oxygens (including phenoxy) is 1. The van der Waals surface area contributed by atoms with Gasteiger partial charge in [0.1, 0.15) is 11.6 Å². The molecule has 1 atom stereocenters. The SMILES string of the molecule is COc1cc(/C=C2\CCCN3C2=NO[C@]32C(=O)N(C)c3ccc(F)cc32)ccc1-n1cnc(C)c1. The molecule has 3 aliphatic heterocycles. The number of rotatable bonds is 3. The van der Waals surface area contributed by atoms with Crippen LogP contribution in [0.5, 0.6) is 5.75 Å². The molecule has 9 heteroatoms. The summed E-state index contributed by atoms with van der Waals surface area (Å²) in [5.74, 6) is 0.613. The van der Waals surface area contributed by atoms with E-state index >= 15 is 0 Å². The van der Waals surface area contributed by atoms with Gasteiger partial charge in [0.2, 0.25) is 0 Å². The molecule has 6 rings (SSSR count). The van der Waals surface area contributed by atoms with Gasteiger partial charge in [-0.05, 0) is 67.3 Å². The molecule has 1 amide bonds. The van der Waals surface area contributed by atoms with Gasteiger partial charge < -0.3 is 23.9 Å². The number of likely N-dealkylation sites (N-methyl/N-ethyl adjacent to an activating group) is 1. The summed E-state index contributed by atoms with van der Waals surface area (Å²) < 4.78 is 21.8. The summed E-state index contributed by atoms with van der Waals surface area (Å²) in [4.78, 5) is 26.9. The normalized spacial score (nSPS) is 21.9. The number of piperidine rings is 1. The lowest BCUT2D eigenvalue weighted by Crippen LogP contribution is -2.54. The van der Waals surface area contributed by atoms with Gasteiger partial charge in [0, 0.05) is 19.8 Å². The van der Waals surface area contributed by atoms with E-state index in [1.807, 2.05) is 46.9 Å². The number of carbonyl (C=O) groups excluding carboxylic acids is 1. The second-order valence-corrected chi connectivity index (χ2v) is 8.95. The van der Waals surface area contributed by atoms with Gasteiger partial charge in [-0.15, -0.1) is 0 Å². The van der Waals surface area contributed by atoms with E-state index in [1.54, 1.807) is 26.6 Å². The van der Waals surface area contributed by atoms with Crippen molar-refractivity contribution in [2.45, 2.75) is 25.5 Å². The number of imidazole rings is 1. The fourth-order valence-electron chi connectivity index (χ4n) is 5.15. The number of anilines is 1. The highest BCUT2D eigenvalue weighted by molar-refractivity contribution is 6.12. The van der Waals surface area contributed by atoms with Crippen LogP contribution in [0.2, 0.25) is 0 Å². The maximum atomic E-state index is 14.2. The molecule has 0 radical (unpaired) electrons. The van der Waals surface area contributed by atoms with Crippen LogP contribution >= 0.6 is 0 Å². The number of methoxy groups -OCH3 is 1. The zero-order valence-corrected chi connectivity index (χ0v) is 19.7. The van der Waals surface area contributed by atoms with Gasteiger partial charge in [-0.3, -0.25) is 4.79 Å². The van der Waals surface area contributed by atoms with E-state index in [2.05, 4.69) is 10.1 Å². The van der Waals surface area contributed by atoms with E-state index < -0.39 is 11.5 Å². The maximum absolute atomic E-state index is 14.2. The molecule has 178 valence electrons. The Morgan fingerprint density at radius 1 is 1.20 bits per heavy atom. The molecular weight excluding hydrogens is 449 g/mol. The van der Waals surface area contributed by atoms with Crippen molar-refractivity contribution in [3.8, 4) is 11.4 Å². The number of benzene rings is 2. The number of halogens is 1. The first kappa shape index (κ1) is 21.4. The molecule has 4 heterocycles. The van der Waals surface area contributed by atoms with Gasteiger partial charge in [0.05, 0.1) is 36.1 Å². The Balaban J connectivity index is 1.37. The molecule has 0 N–H and O–H groups in total. The Labute approximate surface area is 201 Å². The molecule has 8 nitrogen and oxygen atoms in total. The van der Waals surface area contributed by atoms with Gasteiger partial charge in [-0.25, -0.2) is 9.37 Å². The molecule has 35 heavy (non-hydrogen) atoms. The van der Waals surface area contributed by atoms with Crippen LogP contribution in [0.4, 0.5) is 10.1 Å². The summed E-state index contributed by atoms with van der Waals surface area (Å²) in [6.07, 6.45) is 7.31. The van der Waals surface area contributed by atoms with Gasteiger partial charge in [0.15, 0.2) is 5.84 Å². The number of nitrogens with zero attached hydrogens (tertiary/aromatic N) is 5.